The fourth-order valence-corrected chi connectivity index (χ4v) is 4.20. The van der Waals surface area contributed by atoms with Crippen LogP contribution in [0, 0.1) is 5.92 Å². The lowest BCUT2D eigenvalue weighted by Gasteiger charge is -2.15. The molecule has 8 nitrogen and oxygen atoms in total. The number of benzene rings is 3. The molecule has 1 atom stereocenters. The Morgan fingerprint density at radius 3 is 2.21 bits per heavy atom. The normalized spacial score (nSPS) is 12.1. The van der Waals surface area contributed by atoms with Crippen molar-refractivity contribution in [2.24, 2.45) is 11.7 Å². The number of hydrogen-bond acceptors (Lipinski definition) is 6. The Bertz CT molecular complexity index is 1240. The molecular formula is C25H27N3O5S. The summed E-state index contributed by atoms with van der Waals surface area (Å²) in [5, 5.41) is 2.66. The van der Waals surface area contributed by atoms with Crippen LogP contribution in [0.1, 0.15) is 30.6 Å². The average Bonchev–Trinajstić information content (AvgIpc) is 2.79. The molecule has 4 N–H and O–H groups in total. The van der Waals surface area contributed by atoms with Gasteiger partial charge in [0, 0.05) is 11.3 Å². The summed E-state index contributed by atoms with van der Waals surface area (Å²) >= 11 is 0. The number of carbonyl (C=O) groups is 2. The van der Waals surface area contributed by atoms with Gasteiger partial charge in [-0.1, -0.05) is 38.1 Å². The second kappa shape index (κ2) is 11.0. The fraction of sp³-hybridized carbons (Fsp3) is 0.200. The van der Waals surface area contributed by atoms with Crippen LogP contribution in [-0.4, -0.2) is 26.3 Å². The molecule has 0 fully saturated rings. The summed E-state index contributed by atoms with van der Waals surface area (Å²) in [6, 6.07) is 20.5. The Balaban J connectivity index is 1.66. The van der Waals surface area contributed by atoms with Crippen LogP contribution in [0.5, 0.6) is 11.5 Å². The number of ether oxygens (including phenoxy) is 1. The predicted octanol–water partition coefficient (Wildman–Crippen LogP) is 3.91. The molecule has 34 heavy (non-hydrogen) atoms. The highest BCUT2D eigenvalue weighted by atomic mass is 32.2. The lowest BCUT2D eigenvalue weighted by molar-refractivity contribution is -0.120. The Morgan fingerprint density at radius 2 is 1.56 bits per heavy atom. The van der Waals surface area contributed by atoms with E-state index in [9.17, 15) is 18.0 Å². The van der Waals surface area contributed by atoms with Crippen molar-refractivity contribution in [1.29, 1.82) is 0 Å². The Hall–Kier alpha value is -3.69. The minimum absolute atomic E-state index is 0.140. The van der Waals surface area contributed by atoms with E-state index >= 15 is 0 Å². The van der Waals surface area contributed by atoms with Crippen molar-refractivity contribution >= 4 is 27.5 Å². The maximum absolute atomic E-state index is 12.6. The first-order chi connectivity index (χ1) is 16.1. The molecule has 0 aliphatic carbocycles. The zero-order valence-corrected chi connectivity index (χ0v) is 19.7. The summed E-state index contributed by atoms with van der Waals surface area (Å²) in [4.78, 5) is 24.6. The van der Waals surface area contributed by atoms with E-state index < -0.39 is 27.9 Å². The number of hydrogen-bond donors (Lipinski definition) is 3. The number of rotatable bonds is 9. The summed E-state index contributed by atoms with van der Waals surface area (Å²) in [6.45, 7) is 3.77. The van der Waals surface area contributed by atoms with Crippen LogP contribution in [-0.2, 0) is 14.8 Å². The van der Waals surface area contributed by atoms with Gasteiger partial charge in [0.2, 0.25) is 0 Å². The van der Waals surface area contributed by atoms with Gasteiger partial charge in [0.15, 0.2) is 0 Å². The quantitative estimate of drug-likeness (QED) is 0.425. The number of para-hydroxylation sites is 1. The largest absolute Gasteiger partial charge is 0.457 e. The molecule has 0 aliphatic heterocycles. The summed E-state index contributed by atoms with van der Waals surface area (Å²) in [5.74, 6) is 0.183. The van der Waals surface area contributed by atoms with Crippen molar-refractivity contribution in [2.75, 3.05) is 5.32 Å². The van der Waals surface area contributed by atoms with Gasteiger partial charge in [-0.15, -0.1) is 0 Å². The van der Waals surface area contributed by atoms with Gasteiger partial charge in [-0.25, -0.2) is 13.1 Å². The molecule has 0 heterocycles. The van der Waals surface area contributed by atoms with Crippen molar-refractivity contribution in [3.8, 4) is 11.5 Å². The number of anilines is 1. The van der Waals surface area contributed by atoms with E-state index in [4.69, 9.17) is 10.5 Å². The van der Waals surface area contributed by atoms with Crippen molar-refractivity contribution in [3.05, 3.63) is 84.4 Å². The van der Waals surface area contributed by atoms with E-state index in [2.05, 4.69) is 5.32 Å². The molecule has 0 radical (unpaired) electrons. The monoisotopic (exact) mass is 481 g/mol. The third-order valence-corrected chi connectivity index (χ3v) is 6.14. The number of nitrogens with one attached hydrogen (secondary N) is 2. The second-order valence-corrected chi connectivity index (χ2v) is 9.81. The van der Waals surface area contributed by atoms with Crippen LogP contribution in [0.4, 0.5) is 5.69 Å². The standard InChI is InChI=1S/C25H27N3O5S/c1-17(2)15-23(26)25(30)28-34(31,32)22-10-6-7-19(16-22)27-24(29)18-11-13-21(14-12-18)33-20-8-4-3-5-9-20/h3-14,16-17,23H,15,26H2,1-2H3,(H,27,29)(H,28,30)/t23-/m0/s1. The molecule has 0 aromatic heterocycles. The smallest absolute Gasteiger partial charge is 0.264 e. The van der Waals surface area contributed by atoms with Crippen LogP contribution in [0.25, 0.3) is 0 Å². The van der Waals surface area contributed by atoms with E-state index in [0.29, 0.717) is 23.5 Å². The third kappa shape index (κ3) is 6.90. The topological polar surface area (TPSA) is 128 Å². The zero-order chi connectivity index (χ0) is 24.7. The van der Waals surface area contributed by atoms with Crippen molar-refractivity contribution in [2.45, 2.75) is 31.2 Å². The summed E-state index contributed by atoms with van der Waals surface area (Å²) in [5.41, 5.74) is 6.40. The van der Waals surface area contributed by atoms with Crippen LogP contribution >= 0.6 is 0 Å². The van der Waals surface area contributed by atoms with Gasteiger partial charge in [0.25, 0.3) is 21.8 Å². The van der Waals surface area contributed by atoms with Gasteiger partial charge in [-0.05, 0) is 66.9 Å². The Morgan fingerprint density at radius 1 is 0.912 bits per heavy atom. The highest BCUT2D eigenvalue weighted by Crippen LogP contribution is 2.22. The van der Waals surface area contributed by atoms with E-state index in [1.165, 1.54) is 18.2 Å². The van der Waals surface area contributed by atoms with Crippen LogP contribution in [0.2, 0.25) is 0 Å². The first kappa shape index (κ1) is 24.9. The molecule has 0 unspecified atom stereocenters. The van der Waals surface area contributed by atoms with Gasteiger partial charge in [-0.3, -0.25) is 9.59 Å². The summed E-state index contributed by atoms with van der Waals surface area (Å²) in [6.07, 6.45) is 0.354. The van der Waals surface area contributed by atoms with Crippen LogP contribution in [0.3, 0.4) is 0 Å². The minimum Gasteiger partial charge on any atom is -0.457 e. The Kier molecular flexibility index (Phi) is 8.04. The molecule has 0 saturated heterocycles. The lowest BCUT2D eigenvalue weighted by Crippen LogP contribution is -2.43. The molecular weight excluding hydrogens is 454 g/mol. The SMILES string of the molecule is CC(C)C[C@H](N)C(=O)NS(=O)(=O)c1cccc(NC(=O)c2ccc(Oc3ccccc3)cc2)c1. The highest BCUT2D eigenvalue weighted by Gasteiger charge is 2.23. The van der Waals surface area contributed by atoms with Crippen molar-refractivity contribution < 1.29 is 22.7 Å². The number of sulfonamides is 1. The van der Waals surface area contributed by atoms with Gasteiger partial charge < -0.3 is 15.8 Å². The predicted molar refractivity (Wildman–Crippen MR) is 130 cm³/mol. The van der Waals surface area contributed by atoms with E-state index in [0.717, 1.165) is 0 Å². The number of amides is 2. The zero-order valence-electron chi connectivity index (χ0n) is 18.9. The number of carbonyl (C=O) groups excluding carboxylic acids is 2. The molecule has 0 bridgehead atoms. The maximum Gasteiger partial charge on any atom is 0.264 e. The summed E-state index contributed by atoms with van der Waals surface area (Å²) < 4.78 is 32.9. The molecule has 178 valence electrons. The van der Waals surface area contributed by atoms with Crippen LogP contribution in [0.15, 0.2) is 83.8 Å². The molecule has 2 amide bonds. The molecule has 3 aromatic rings. The molecule has 3 rings (SSSR count). The van der Waals surface area contributed by atoms with Crippen molar-refractivity contribution in [1.82, 2.24) is 4.72 Å². The minimum atomic E-state index is -4.15. The van der Waals surface area contributed by atoms with E-state index in [1.54, 1.807) is 30.3 Å². The third-order valence-electron chi connectivity index (χ3n) is 4.79. The van der Waals surface area contributed by atoms with Gasteiger partial charge in [0.1, 0.15) is 11.5 Å². The van der Waals surface area contributed by atoms with E-state index in [1.807, 2.05) is 48.9 Å². The van der Waals surface area contributed by atoms with Gasteiger partial charge in [-0.2, -0.15) is 0 Å². The lowest BCUT2D eigenvalue weighted by atomic mass is 10.0. The Labute approximate surface area is 199 Å². The molecule has 0 spiro atoms. The van der Waals surface area contributed by atoms with Gasteiger partial charge >= 0.3 is 0 Å². The summed E-state index contributed by atoms with van der Waals surface area (Å²) in [7, 11) is -4.15. The number of nitrogens with two attached hydrogens (primary N) is 1. The highest BCUT2D eigenvalue weighted by molar-refractivity contribution is 7.90. The maximum atomic E-state index is 12.6. The fourth-order valence-electron chi connectivity index (χ4n) is 3.13. The molecule has 3 aromatic carbocycles. The second-order valence-electron chi connectivity index (χ2n) is 8.13. The first-order valence-electron chi connectivity index (χ1n) is 10.7. The molecule has 0 saturated carbocycles. The van der Waals surface area contributed by atoms with Crippen LogP contribution < -0.4 is 20.5 Å². The average molecular weight is 482 g/mol. The van der Waals surface area contributed by atoms with E-state index in [-0.39, 0.29) is 16.5 Å². The molecule has 9 heteroatoms. The van der Waals surface area contributed by atoms with Gasteiger partial charge in [0.05, 0.1) is 10.9 Å². The molecule has 0 aliphatic rings. The van der Waals surface area contributed by atoms with Crippen molar-refractivity contribution in [3.63, 3.8) is 0 Å². The first-order valence-corrected chi connectivity index (χ1v) is 12.2.